The lowest BCUT2D eigenvalue weighted by molar-refractivity contribution is -0.137. The lowest BCUT2D eigenvalue weighted by Gasteiger charge is -2.36. The fraction of sp³-hybridized carbons (Fsp3) is 0.333. The molecule has 2 aliphatic heterocycles. The summed E-state index contributed by atoms with van der Waals surface area (Å²) in [6, 6.07) is 4.88. The minimum absolute atomic E-state index is 0.0837. The Morgan fingerprint density at radius 1 is 1.09 bits per heavy atom. The van der Waals surface area contributed by atoms with E-state index < -0.39 is 40.5 Å². The van der Waals surface area contributed by atoms with Gasteiger partial charge in [0.25, 0.3) is 17.0 Å². The second kappa shape index (κ2) is 12.5. The zero-order valence-corrected chi connectivity index (χ0v) is 24.9. The molecule has 2 amide bonds. The molecule has 1 aromatic carbocycles. The molecular weight excluding hydrogens is 628 g/mol. The highest BCUT2D eigenvalue weighted by atomic mass is 19.4. The molecule has 0 radical (unpaired) electrons. The van der Waals surface area contributed by atoms with Crippen LogP contribution in [0.25, 0.3) is 11.4 Å². The average Bonchev–Trinajstić information content (AvgIpc) is 3.51. The molecule has 2 aliphatic rings. The monoisotopic (exact) mass is 656 g/mol. The summed E-state index contributed by atoms with van der Waals surface area (Å²) >= 11 is 0. The number of hydrogen-bond acceptors (Lipinski definition) is 8. The van der Waals surface area contributed by atoms with E-state index in [0.29, 0.717) is 25.3 Å². The number of hydrogen-bond donors (Lipinski definition) is 2. The normalized spacial score (nSPS) is 15.6. The number of aromatic amines is 1. The summed E-state index contributed by atoms with van der Waals surface area (Å²) in [7, 11) is 0. The van der Waals surface area contributed by atoms with E-state index in [0.717, 1.165) is 46.6 Å². The van der Waals surface area contributed by atoms with Crippen LogP contribution in [-0.4, -0.2) is 80.3 Å². The molecule has 1 saturated heterocycles. The number of rotatable bonds is 6. The van der Waals surface area contributed by atoms with Gasteiger partial charge in [0.2, 0.25) is 11.7 Å². The third-order valence-electron chi connectivity index (χ3n) is 8.00. The topological polar surface area (TPSA) is 147 Å². The molecule has 0 saturated carbocycles. The number of alkyl halides is 3. The van der Waals surface area contributed by atoms with Gasteiger partial charge < -0.3 is 29.4 Å². The van der Waals surface area contributed by atoms with E-state index in [1.807, 2.05) is 0 Å². The SMILES string of the molecule is Cc1c(N2CCN(C(=O)c3cc(F)c[nH]c3=O)CC2)c(=O)n2nc(C3=CCOCC3)nc2n1CC(=O)Nc1ccc(C(F)(F)F)cc1. The number of pyridine rings is 1. The molecule has 0 bridgehead atoms. The Labute approximate surface area is 263 Å². The molecule has 0 aliphatic carbocycles. The fourth-order valence-electron chi connectivity index (χ4n) is 5.57. The fourth-order valence-corrected chi connectivity index (χ4v) is 5.57. The third-order valence-corrected chi connectivity index (χ3v) is 8.00. The van der Waals surface area contributed by atoms with Crippen molar-refractivity contribution < 1.29 is 31.9 Å². The summed E-state index contributed by atoms with van der Waals surface area (Å²) in [6.45, 7) is 2.62. The number of anilines is 2. The van der Waals surface area contributed by atoms with Crippen molar-refractivity contribution in [2.24, 2.45) is 0 Å². The molecule has 3 aromatic heterocycles. The van der Waals surface area contributed by atoms with Crippen LogP contribution in [0.2, 0.25) is 0 Å². The number of H-pyrrole nitrogens is 1. The molecule has 1 fully saturated rings. The summed E-state index contributed by atoms with van der Waals surface area (Å²) in [6.07, 6.45) is -1.36. The molecule has 0 atom stereocenters. The molecule has 0 spiro atoms. The lowest BCUT2D eigenvalue weighted by atomic mass is 10.1. The molecule has 4 aromatic rings. The van der Waals surface area contributed by atoms with Crippen molar-refractivity contribution in [3.63, 3.8) is 0 Å². The number of piperazine rings is 1. The van der Waals surface area contributed by atoms with Crippen molar-refractivity contribution in [3.8, 4) is 0 Å². The summed E-state index contributed by atoms with van der Waals surface area (Å²) in [5, 5.41) is 7.05. The second-order valence-corrected chi connectivity index (χ2v) is 11.0. The van der Waals surface area contributed by atoms with Gasteiger partial charge in [-0.15, -0.1) is 5.10 Å². The number of ether oxygens (including phenoxy) is 1. The number of amides is 2. The second-order valence-electron chi connectivity index (χ2n) is 11.0. The van der Waals surface area contributed by atoms with Gasteiger partial charge in [-0.3, -0.25) is 19.2 Å². The van der Waals surface area contributed by atoms with Crippen molar-refractivity contribution in [3.05, 3.63) is 91.8 Å². The molecule has 13 nitrogen and oxygen atoms in total. The number of fused-ring (bicyclic) bond motifs is 1. The van der Waals surface area contributed by atoms with Gasteiger partial charge in [0, 0.05) is 43.8 Å². The number of benzene rings is 1. The first-order chi connectivity index (χ1) is 22.4. The highest BCUT2D eigenvalue weighted by Crippen LogP contribution is 2.30. The van der Waals surface area contributed by atoms with Gasteiger partial charge in [-0.2, -0.15) is 22.7 Å². The maximum absolute atomic E-state index is 13.9. The number of aromatic nitrogens is 5. The molecule has 246 valence electrons. The summed E-state index contributed by atoms with van der Waals surface area (Å²) in [5.74, 6) is -1.63. The van der Waals surface area contributed by atoms with Crippen LogP contribution in [0.15, 0.2) is 52.2 Å². The lowest BCUT2D eigenvalue weighted by Crippen LogP contribution is -2.51. The molecule has 47 heavy (non-hydrogen) atoms. The van der Waals surface area contributed by atoms with Crippen molar-refractivity contribution >= 4 is 34.5 Å². The Morgan fingerprint density at radius 2 is 1.81 bits per heavy atom. The first-order valence-electron chi connectivity index (χ1n) is 14.6. The van der Waals surface area contributed by atoms with Gasteiger partial charge in [-0.05, 0) is 49.2 Å². The standard InChI is InChI=1S/C30H28F4N8O5/c1-17-24(39-8-10-40(11-9-39)27(45)22-14-20(31)15-35-26(22)44)28(46)42-29(37-25(38-42)18-6-12-47-13-7-18)41(17)16-23(43)36-21-4-2-19(3-5-21)30(32,33)34/h2-6,14-15H,7-13,16H2,1H3,(H,35,44)(H,36,43). The van der Waals surface area contributed by atoms with Gasteiger partial charge >= 0.3 is 6.18 Å². The Bertz CT molecular complexity index is 2010. The molecule has 0 unspecified atom stereocenters. The predicted molar refractivity (Wildman–Crippen MR) is 161 cm³/mol. The number of nitrogens with zero attached hydrogens (tertiary/aromatic N) is 6. The molecule has 6 rings (SSSR count). The van der Waals surface area contributed by atoms with Crippen molar-refractivity contribution in [1.82, 2.24) is 29.0 Å². The Kier molecular flexibility index (Phi) is 8.40. The van der Waals surface area contributed by atoms with Gasteiger partial charge in [-0.1, -0.05) is 6.08 Å². The Balaban J connectivity index is 1.31. The zero-order valence-electron chi connectivity index (χ0n) is 24.9. The largest absolute Gasteiger partial charge is 0.416 e. The maximum Gasteiger partial charge on any atom is 0.416 e. The van der Waals surface area contributed by atoms with Gasteiger partial charge in [0.15, 0.2) is 5.82 Å². The van der Waals surface area contributed by atoms with Crippen LogP contribution in [0.1, 0.15) is 33.9 Å². The van der Waals surface area contributed by atoms with Gasteiger partial charge in [-0.25, -0.2) is 4.39 Å². The van der Waals surface area contributed by atoms with Crippen LogP contribution in [0.5, 0.6) is 0 Å². The van der Waals surface area contributed by atoms with E-state index in [1.54, 1.807) is 17.9 Å². The number of carbonyl (C=O) groups excluding carboxylic acids is 2. The van der Waals surface area contributed by atoms with Crippen molar-refractivity contribution in [2.45, 2.75) is 26.1 Å². The quantitative estimate of drug-likeness (QED) is 0.301. The minimum Gasteiger partial charge on any atom is -0.377 e. The Hall–Kier alpha value is -5.32. The van der Waals surface area contributed by atoms with Crippen LogP contribution < -0.4 is 21.3 Å². The highest BCUT2D eigenvalue weighted by molar-refractivity contribution is 5.94. The summed E-state index contributed by atoms with van der Waals surface area (Å²) in [4.78, 5) is 62.1. The Morgan fingerprint density at radius 3 is 2.47 bits per heavy atom. The van der Waals surface area contributed by atoms with Gasteiger partial charge in [0.1, 0.15) is 23.6 Å². The molecule has 17 heteroatoms. The van der Waals surface area contributed by atoms with Gasteiger partial charge in [0.05, 0.1) is 18.8 Å². The summed E-state index contributed by atoms with van der Waals surface area (Å²) in [5.41, 5.74) is -0.955. The predicted octanol–water partition coefficient (Wildman–Crippen LogP) is 2.45. The first kappa shape index (κ1) is 31.7. The minimum atomic E-state index is -4.53. The third kappa shape index (κ3) is 6.38. The molecule has 2 N–H and O–H groups in total. The van der Waals surface area contributed by atoms with E-state index in [1.165, 1.54) is 9.47 Å². The average molecular weight is 657 g/mol. The maximum atomic E-state index is 13.9. The number of nitrogens with one attached hydrogen (secondary N) is 2. The number of halogens is 4. The van der Waals surface area contributed by atoms with Crippen molar-refractivity contribution in [2.75, 3.05) is 49.6 Å². The van der Waals surface area contributed by atoms with E-state index in [9.17, 15) is 36.7 Å². The molecule has 5 heterocycles. The van der Waals surface area contributed by atoms with E-state index >= 15 is 0 Å². The van der Waals surface area contributed by atoms with Crippen LogP contribution in [0.4, 0.5) is 28.9 Å². The smallest absolute Gasteiger partial charge is 0.377 e. The van der Waals surface area contributed by atoms with Crippen LogP contribution >= 0.6 is 0 Å². The number of carbonyl (C=O) groups is 2. The van der Waals surface area contributed by atoms with Crippen LogP contribution in [-0.2, 0) is 22.3 Å². The zero-order chi connectivity index (χ0) is 33.5. The van der Waals surface area contributed by atoms with Crippen LogP contribution in [0.3, 0.4) is 0 Å². The highest BCUT2D eigenvalue weighted by Gasteiger charge is 2.31. The van der Waals surface area contributed by atoms with E-state index in [4.69, 9.17) is 4.74 Å². The van der Waals surface area contributed by atoms with E-state index in [-0.39, 0.29) is 61.3 Å². The first-order valence-corrected chi connectivity index (χ1v) is 14.6. The van der Waals surface area contributed by atoms with Crippen LogP contribution in [0, 0.1) is 12.7 Å². The van der Waals surface area contributed by atoms with Crippen molar-refractivity contribution in [1.29, 1.82) is 0 Å². The summed E-state index contributed by atoms with van der Waals surface area (Å²) < 4.78 is 60.7. The van der Waals surface area contributed by atoms with E-state index in [2.05, 4.69) is 20.4 Å². The molecular formula is C30H28F4N8O5.